The molecule has 0 fully saturated rings. The average Bonchev–Trinajstić information content (AvgIpc) is 3.97. The van der Waals surface area contributed by atoms with Crippen molar-refractivity contribution < 1.29 is 22.3 Å². The standard InChI is InChI=1S/C62H42F3N3O2/c1-62(2,3)52-34-41(37-12-5-4-6-13-37)25-30-55(52)68-56-18-8-7-17-54(56)67-61(68)51-36-45(69-44-15-11-14-43(33-44)53-16-9-10-31-66-53)35-50-49-29-28-47-46-26-23-40(38-19-21-39(22-20-38)57(63)60(64)65)32-42(46)24-27-48(47)58(49)70-59(50)51/h4-36H,1-3H3. The van der Waals surface area contributed by atoms with Crippen LogP contribution in [-0.4, -0.2) is 14.5 Å². The van der Waals surface area contributed by atoms with Crippen LogP contribution in [0.4, 0.5) is 13.2 Å². The SMILES string of the molecule is CC(C)(C)c1cc(-c2ccccc2)ccc1-n1c(-c2cc(Oc3cccc(-c4ccccn4)c3)cc3c2oc2c3ccc3c4ccc(-c5ccc(C(F)=C(F)F)cc5)cc4ccc32)nc2ccccc21. The third-order valence-electron chi connectivity index (χ3n) is 13.1. The largest absolute Gasteiger partial charge is 0.457 e. The number of pyridine rings is 1. The van der Waals surface area contributed by atoms with Crippen molar-refractivity contribution in [3.8, 4) is 62.1 Å². The normalized spacial score (nSPS) is 11.9. The van der Waals surface area contributed by atoms with E-state index >= 15 is 0 Å². The molecule has 0 radical (unpaired) electrons. The highest BCUT2D eigenvalue weighted by Gasteiger charge is 2.27. The molecule has 338 valence electrons. The number of hydrogen-bond donors (Lipinski definition) is 0. The molecule has 12 rings (SSSR count). The molecule has 0 saturated carbocycles. The van der Waals surface area contributed by atoms with E-state index in [2.05, 4.69) is 121 Å². The number of halogens is 3. The molecule has 0 aliphatic heterocycles. The maximum absolute atomic E-state index is 14.0. The summed E-state index contributed by atoms with van der Waals surface area (Å²) in [5.74, 6) is 0.467. The fourth-order valence-electron chi connectivity index (χ4n) is 9.76. The molecule has 12 aromatic rings. The van der Waals surface area contributed by atoms with Gasteiger partial charge in [-0.15, -0.1) is 0 Å². The van der Waals surface area contributed by atoms with Gasteiger partial charge in [0.1, 0.15) is 28.5 Å². The highest BCUT2D eigenvalue weighted by Crippen LogP contribution is 2.46. The quantitative estimate of drug-likeness (QED) is 0.143. The molecular formula is C62H42F3N3O2. The lowest BCUT2D eigenvalue weighted by Gasteiger charge is -2.25. The van der Waals surface area contributed by atoms with Crippen LogP contribution in [0.2, 0.25) is 0 Å². The Hall–Kier alpha value is -8.75. The molecule has 0 aliphatic carbocycles. The molecule has 0 atom stereocenters. The Labute approximate surface area is 401 Å². The smallest absolute Gasteiger partial charge is 0.306 e. The topological polar surface area (TPSA) is 53.1 Å². The number of rotatable bonds is 8. The molecule has 8 heteroatoms. The second-order valence-corrected chi connectivity index (χ2v) is 18.6. The minimum Gasteiger partial charge on any atom is -0.457 e. The number of fused-ring (bicyclic) bond motifs is 8. The zero-order valence-electron chi connectivity index (χ0n) is 38.3. The number of aromatic nitrogens is 3. The van der Waals surface area contributed by atoms with Crippen molar-refractivity contribution in [3.63, 3.8) is 0 Å². The summed E-state index contributed by atoms with van der Waals surface area (Å²) < 4.78 is 56.2. The lowest BCUT2D eigenvalue weighted by atomic mass is 9.83. The van der Waals surface area contributed by atoms with E-state index in [1.165, 1.54) is 12.1 Å². The molecule has 0 unspecified atom stereocenters. The summed E-state index contributed by atoms with van der Waals surface area (Å²) in [6.07, 6.45) is -0.551. The second kappa shape index (κ2) is 16.8. The Morgan fingerprint density at radius 2 is 1.21 bits per heavy atom. The van der Waals surface area contributed by atoms with Gasteiger partial charge in [-0.2, -0.15) is 8.78 Å². The first kappa shape index (κ1) is 42.6. The van der Waals surface area contributed by atoms with Gasteiger partial charge in [0.05, 0.1) is 28.0 Å². The van der Waals surface area contributed by atoms with Crippen molar-refractivity contribution in [1.29, 1.82) is 0 Å². The van der Waals surface area contributed by atoms with E-state index < -0.39 is 11.9 Å². The van der Waals surface area contributed by atoms with Crippen LogP contribution in [0.5, 0.6) is 11.5 Å². The first-order valence-corrected chi connectivity index (χ1v) is 23.1. The van der Waals surface area contributed by atoms with Gasteiger partial charge in [-0.1, -0.05) is 136 Å². The number of hydrogen-bond acceptors (Lipinski definition) is 4. The summed E-state index contributed by atoms with van der Waals surface area (Å²) >= 11 is 0. The summed E-state index contributed by atoms with van der Waals surface area (Å²) in [5.41, 5.74) is 11.5. The Kier molecular flexibility index (Phi) is 10.2. The highest BCUT2D eigenvalue weighted by atomic mass is 19.3. The number of benzene rings is 9. The van der Waals surface area contributed by atoms with Crippen LogP contribution >= 0.6 is 0 Å². The van der Waals surface area contributed by atoms with Crippen LogP contribution in [0.1, 0.15) is 31.9 Å². The van der Waals surface area contributed by atoms with Crippen LogP contribution in [0.3, 0.4) is 0 Å². The number of imidazole rings is 1. The number of ether oxygens (including phenoxy) is 1. The van der Waals surface area contributed by atoms with Crippen LogP contribution in [0.25, 0.3) is 111 Å². The van der Waals surface area contributed by atoms with E-state index in [1.807, 2.05) is 78.9 Å². The molecule has 70 heavy (non-hydrogen) atoms. The third kappa shape index (κ3) is 7.45. The van der Waals surface area contributed by atoms with Gasteiger partial charge in [0.2, 0.25) is 0 Å². The number of para-hydroxylation sites is 2. The van der Waals surface area contributed by atoms with E-state index in [0.717, 1.165) is 99.3 Å². The van der Waals surface area contributed by atoms with Crippen molar-refractivity contribution in [3.05, 3.63) is 218 Å². The zero-order chi connectivity index (χ0) is 47.7. The maximum atomic E-state index is 14.0. The van der Waals surface area contributed by atoms with Gasteiger partial charge >= 0.3 is 6.08 Å². The minimum atomic E-state index is -2.34. The van der Waals surface area contributed by atoms with Crippen LogP contribution < -0.4 is 4.74 Å². The van der Waals surface area contributed by atoms with E-state index in [1.54, 1.807) is 18.3 Å². The predicted molar refractivity (Wildman–Crippen MR) is 278 cm³/mol. The lowest BCUT2D eigenvalue weighted by molar-refractivity contribution is 0.410. The molecule has 0 saturated heterocycles. The van der Waals surface area contributed by atoms with E-state index in [9.17, 15) is 13.2 Å². The summed E-state index contributed by atoms with van der Waals surface area (Å²) in [7, 11) is 0. The Morgan fingerprint density at radius 1 is 0.529 bits per heavy atom. The van der Waals surface area contributed by atoms with Crippen LogP contribution in [0.15, 0.2) is 211 Å². The van der Waals surface area contributed by atoms with Gasteiger partial charge < -0.3 is 9.15 Å². The maximum Gasteiger partial charge on any atom is 0.306 e. The average molecular weight is 918 g/mol. The predicted octanol–water partition coefficient (Wildman–Crippen LogP) is 17.9. The van der Waals surface area contributed by atoms with Gasteiger partial charge in [0, 0.05) is 33.5 Å². The Balaban J connectivity index is 1.07. The van der Waals surface area contributed by atoms with E-state index in [-0.39, 0.29) is 11.0 Å². The zero-order valence-corrected chi connectivity index (χ0v) is 38.3. The van der Waals surface area contributed by atoms with Crippen molar-refractivity contribution in [2.24, 2.45) is 0 Å². The van der Waals surface area contributed by atoms with Gasteiger partial charge in [-0.05, 0) is 128 Å². The lowest BCUT2D eigenvalue weighted by Crippen LogP contribution is -2.16. The fraction of sp³-hybridized carbons (Fsp3) is 0.0645. The molecule has 0 amide bonds. The Bertz CT molecular complexity index is 4040. The summed E-state index contributed by atoms with van der Waals surface area (Å²) in [5, 5.41) is 5.73. The third-order valence-corrected chi connectivity index (χ3v) is 13.1. The van der Waals surface area contributed by atoms with Gasteiger partial charge in [0.15, 0.2) is 5.83 Å². The molecule has 3 aromatic heterocycles. The molecule has 0 aliphatic rings. The molecule has 0 N–H and O–H groups in total. The van der Waals surface area contributed by atoms with Crippen molar-refractivity contribution >= 4 is 60.3 Å². The van der Waals surface area contributed by atoms with Gasteiger partial charge in [-0.25, -0.2) is 9.37 Å². The number of furan rings is 1. The van der Waals surface area contributed by atoms with Crippen molar-refractivity contribution in [2.45, 2.75) is 26.2 Å². The number of nitrogens with zero attached hydrogens (tertiary/aromatic N) is 3. The first-order valence-electron chi connectivity index (χ1n) is 23.1. The van der Waals surface area contributed by atoms with Crippen molar-refractivity contribution in [1.82, 2.24) is 14.5 Å². The first-order chi connectivity index (χ1) is 34.1. The second-order valence-electron chi connectivity index (χ2n) is 18.6. The van der Waals surface area contributed by atoms with Crippen LogP contribution in [-0.2, 0) is 5.41 Å². The highest BCUT2D eigenvalue weighted by molar-refractivity contribution is 6.22. The minimum absolute atomic E-state index is 0.161. The fourth-order valence-corrected chi connectivity index (χ4v) is 9.76. The molecule has 5 nitrogen and oxygen atoms in total. The van der Waals surface area contributed by atoms with Crippen molar-refractivity contribution in [2.75, 3.05) is 0 Å². The molecule has 9 aromatic carbocycles. The van der Waals surface area contributed by atoms with Gasteiger partial charge in [0.25, 0.3) is 0 Å². The molecular weight excluding hydrogens is 876 g/mol. The van der Waals surface area contributed by atoms with E-state index in [4.69, 9.17) is 14.1 Å². The summed E-state index contributed by atoms with van der Waals surface area (Å²) in [6, 6.07) is 63.9. The summed E-state index contributed by atoms with van der Waals surface area (Å²) in [4.78, 5) is 10.0. The summed E-state index contributed by atoms with van der Waals surface area (Å²) in [6.45, 7) is 6.74. The Morgan fingerprint density at radius 3 is 2.01 bits per heavy atom. The van der Waals surface area contributed by atoms with Crippen LogP contribution in [0, 0.1) is 0 Å². The monoisotopic (exact) mass is 917 g/mol. The van der Waals surface area contributed by atoms with E-state index in [0.29, 0.717) is 22.9 Å². The molecule has 3 heterocycles. The molecule has 0 spiro atoms. The molecule has 0 bridgehead atoms. The van der Waals surface area contributed by atoms with Gasteiger partial charge in [-0.3, -0.25) is 9.55 Å².